The third kappa shape index (κ3) is 5.60. The molecule has 34 heavy (non-hydrogen) atoms. The quantitative estimate of drug-likeness (QED) is 0.333. The minimum Gasteiger partial charge on any atom is -0.369 e. The van der Waals surface area contributed by atoms with Gasteiger partial charge in [0, 0.05) is 13.2 Å². The van der Waals surface area contributed by atoms with Crippen molar-refractivity contribution in [3.05, 3.63) is 63.1 Å². The number of imidazole rings is 1. The minimum absolute atomic E-state index is 0.183. The van der Waals surface area contributed by atoms with Crippen molar-refractivity contribution in [1.82, 2.24) is 29.5 Å². The van der Waals surface area contributed by atoms with Gasteiger partial charge in [-0.25, -0.2) is 14.3 Å². The van der Waals surface area contributed by atoms with E-state index in [9.17, 15) is 19.2 Å². The Labute approximate surface area is 196 Å². The molecular formula is C23H30N6O5. The van der Waals surface area contributed by atoms with E-state index in [-0.39, 0.29) is 17.7 Å². The normalized spacial score (nSPS) is 12.0. The first-order valence-electron chi connectivity index (χ1n) is 11.3. The van der Waals surface area contributed by atoms with Gasteiger partial charge in [0.15, 0.2) is 11.2 Å². The molecule has 0 fully saturated rings. The summed E-state index contributed by atoms with van der Waals surface area (Å²) in [6.07, 6.45) is 2.49. The number of fused-ring (bicyclic) bond motifs is 1. The maximum absolute atomic E-state index is 13.2. The van der Waals surface area contributed by atoms with Crippen molar-refractivity contribution in [3.63, 3.8) is 0 Å². The van der Waals surface area contributed by atoms with Crippen LogP contribution in [0.4, 0.5) is 0 Å². The van der Waals surface area contributed by atoms with Crippen LogP contribution in [0.3, 0.4) is 0 Å². The van der Waals surface area contributed by atoms with Crippen LogP contribution in [0.15, 0.2) is 46.2 Å². The van der Waals surface area contributed by atoms with Crippen LogP contribution in [0.25, 0.3) is 11.2 Å². The van der Waals surface area contributed by atoms with E-state index in [2.05, 4.69) is 15.8 Å². The lowest BCUT2D eigenvalue weighted by Crippen LogP contribution is -2.50. The SMILES string of the molecule is CCCCOC(C)C(=O)NNC(=O)Cn1c(=O)c2c(ncn2CC)n(Cc2ccccc2)c1=O. The molecule has 2 N–H and O–H groups in total. The maximum atomic E-state index is 13.2. The highest BCUT2D eigenvalue weighted by molar-refractivity contribution is 5.84. The van der Waals surface area contributed by atoms with Crippen molar-refractivity contribution in [3.8, 4) is 0 Å². The Morgan fingerprint density at radius 2 is 1.82 bits per heavy atom. The van der Waals surface area contributed by atoms with Crippen LogP contribution in [0.5, 0.6) is 0 Å². The molecule has 2 amide bonds. The number of carbonyl (C=O) groups is 2. The van der Waals surface area contributed by atoms with E-state index in [4.69, 9.17) is 4.74 Å². The fraction of sp³-hybridized carbons (Fsp3) is 0.435. The third-order valence-corrected chi connectivity index (χ3v) is 5.37. The number of hydrazine groups is 1. The fourth-order valence-corrected chi connectivity index (χ4v) is 3.42. The second-order valence-corrected chi connectivity index (χ2v) is 7.85. The average molecular weight is 471 g/mol. The molecule has 1 atom stereocenters. The maximum Gasteiger partial charge on any atom is 0.333 e. The molecule has 1 unspecified atom stereocenters. The number of hydrogen-bond acceptors (Lipinski definition) is 6. The van der Waals surface area contributed by atoms with Gasteiger partial charge in [-0.15, -0.1) is 0 Å². The van der Waals surface area contributed by atoms with Gasteiger partial charge in [-0.2, -0.15) is 0 Å². The number of aryl methyl sites for hydroxylation is 1. The van der Waals surface area contributed by atoms with Crippen LogP contribution in [-0.4, -0.2) is 43.2 Å². The first-order chi connectivity index (χ1) is 16.4. The smallest absolute Gasteiger partial charge is 0.333 e. The van der Waals surface area contributed by atoms with Gasteiger partial charge in [0.1, 0.15) is 12.6 Å². The molecule has 0 aliphatic heterocycles. The average Bonchev–Trinajstić information content (AvgIpc) is 3.28. The molecule has 11 nitrogen and oxygen atoms in total. The third-order valence-electron chi connectivity index (χ3n) is 5.37. The molecule has 0 aliphatic rings. The molecule has 11 heteroatoms. The number of rotatable bonds is 10. The lowest BCUT2D eigenvalue weighted by molar-refractivity contribution is -0.136. The summed E-state index contributed by atoms with van der Waals surface area (Å²) in [6.45, 7) is 5.95. The Hall–Kier alpha value is -3.73. The highest BCUT2D eigenvalue weighted by Crippen LogP contribution is 2.09. The van der Waals surface area contributed by atoms with Crippen molar-refractivity contribution in [1.29, 1.82) is 0 Å². The van der Waals surface area contributed by atoms with Gasteiger partial charge in [0.25, 0.3) is 17.4 Å². The number of nitrogens with one attached hydrogen (secondary N) is 2. The van der Waals surface area contributed by atoms with E-state index in [1.807, 2.05) is 44.2 Å². The van der Waals surface area contributed by atoms with Crippen molar-refractivity contribution >= 4 is 23.0 Å². The molecular weight excluding hydrogens is 440 g/mol. The summed E-state index contributed by atoms with van der Waals surface area (Å²) in [7, 11) is 0. The standard InChI is InChI=1S/C23H30N6O5/c1-4-6-12-34-16(3)21(31)26-25-18(30)14-29-22(32)19-20(24-15-27(19)5-2)28(23(29)33)13-17-10-8-7-9-11-17/h7-11,15-16H,4-6,12-14H2,1-3H3,(H,25,30)(H,26,31). The van der Waals surface area contributed by atoms with Gasteiger partial charge in [-0.05, 0) is 25.8 Å². The zero-order chi connectivity index (χ0) is 24.7. The van der Waals surface area contributed by atoms with E-state index in [1.54, 1.807) is 11.5 Å². The van der Waals surface area contributed by atoms with Gasteiger partial charge in [0.2, 0.25) is 0 Å². The highest BCUT2D eigenvalue weighted by Gasteiger charge is 2.20. The lowest BCUT2D eigenvalue weighted by atomic mass is 10.2. The Kier molecular flexibility index (Phi) is 8.36. The zero-order valence-corrected chi connectivity index (χ0v) is 19.6. The Bertz CT molecular complexity index is 1260. The van der Waals surface area contributed by atoms with Crippen molar-refractivity contribution in [2.24, 2.45) is 0 Å². The van der Waals surface area contributed by atoms with Gasteiger partial charge < -0.3 is 9.30 Å². The topological polar surface area (TPSA) is 129 Å². The molecule has 0 aliphatic carbocycles. The molecule has 0 bridgehead atoms. The summed E-state index contributed by atoms with van der Waals surface area (Å²) < 4.78 is 9.24. The first kappa shape index (κ1) is 24.9. The van der Waals surface area contributed by atoms with Crippen LogP contribution >= 0.6 is 0 Å². The van der Waals surface area contributed by atoms with Gasteiger partial charge in [0.05, 0.1) is 12.9 Å². The van der Waals surface area contributed by atoms with Crippen molar-refractivity contribution < 1.29 is 14.3 Å². The van der Waals surface area contributed by atoms with Gasteiger partial charge >= 0.3 is 5.69 Å². The van der Waals surface area contributed by atoms with Gasteiger partial charge in [-0.1, -0.05) is 43.7 Å². The number of nitrogens with zero attached hydrogens (tertiary/aromatic N) is 4. The molecule has 1 aromatic carbocycles. The Morgan fingerprint density at radius 3 is 2.50 bits per heavy atom. The van der Waals surface area contributed by atoms with Crippen LogP contribution < -0.4 is 22.1 Å². The summed E-state index contributed by atoms with van der Waals surface area (Å²) in [5.74, 6) is -1.25. The summed E-state index contributed by atoms with van der Waals surface area (Å²) in [4.78, 5) is 55.2. The molecule has 2 heterocycles. The number of hydrogen-bond donors (Lipinski definition) is 2. The lowest BCUT2D eigenvalue weighted by Gasteiger charge is -2.15. The second kappa shape index (κ2) is 11.4. The first-order valence-corrected chi connectivity index (χ1v) is 11.3. The Balaban J connectivity index is 1.84. The largest absolute Gasteiger partial charge is 0.369 e. The molecule has 0 spiro atoms. The number of aromatic nitrogens is 4. The molecule has 0 saturated heterocycles. The van der Waals surface area contributed by atoms with E-state index < -0.39 is 35.7 Å². The van der Waals surface area contributed by atoms with E-state index in [0.717, 1.165) is 23.0 Å². The van der Waals surface area contributed by atoms with Crippen LogP contribution in [0.2, 0.25) is 0 Å². The van der Waals surface area contributed by atoms with E-state index in [1.165, 1.54) is 10.9 Å². The molecule has 3 rings (SSSR count). The molecule has 3 aromatic rings. The van der Waals surface area contributed by atoms with Gasteiger partial charge in [-0.3, -0.25) is 29.8 Å². The number of amides is 2. The number of carbonyl (C=O) groups excluding carboxylic acids is 2. The fourth-order valence-electron chi connectivity index (χ4n) is 3.42. The van der Waals surface area contributed by atoms with E-state index >= 15 is 0 Å². The highest BCUT2D eigenvalue weighted by atomic mass is 16.5. The van der Waals surface area contributed by atoms with Crippen LogP contribution in [0.1, 0.15) is 39.2 Å². The monoisotopic (exact) mass is 470 g/mol. The van der Waals surface area contributed by atoms with Crippen molar-refractivity contribution in [2.45, 2.75) is 59.4 Å². The Morgan fingerprint density at radius 1 is 1.09 bits per heavy atom. The summed E-state index contributed by atoms with van der Waals surface area (Å²) in [5, 5.41) is 0. The number of ether oxygens (including phenoxy) is 1. The zero-order valence-electron chi connectivity index (χ0n) is 19.6. The molecule has 2 aromatic heterocycles. The van der Waals surface area contributed by atoms with Crippen LogP contribution in [-0.2, 0) is 34.0 Å². The molecule has 182 valence electrons. The molecule has 0 radical (unpaired) electrons. The molecule has 0 saturated carbocycles. The summed E-state index contributed by atoms with van der Waals surface area (Å²) >= 11 is 0. The van der Waals surface area contributed by atoms with E-state index in [0.29, 0.717) is 13.2 Å². The number of unbranched alkanes of at least 4 members (excludes halogenated alkanes) is 1. The number of benzene rings is 1. The predicted molar refractivity (Wildman–Crippen MR) is 126 cm³/mol. The van der Waals surface area contributed by atoms with Crippen molar-refractivity contribution in [2.75, 3.05) is 6.61 Å². The summed E-state index contributed by atoms with van der Waals surface area (Å²) in [6, 6.07) is 9.28. The summed E-state index contributed by atoms with van der Waals surface area (Å²) in [5.41, 5.74) is 4.56. The predicted octanol–water partition coefficient (Wildman–Crippen LogP) is 0.781. The minimum atomic E-state index is -0.757. The van der Waals surface area contributed by atoms with Crippen LogP contribution in [0, 0.1) is 0 Å². The second-order valence-electron chi connectivity index (χ2n) is 7.85.